The van der Waals surface area contributed by atoms with Crippen LogP contribution in [0.2, 0.25) is 0 Å². The maximum atomic E-state index is 11.7. The Hall–Kier alpha value is -3.27. The number of benzene rings is 3. The van der Waals surface area contributed by atoms with E-state index in [9.17, 15) is 5.11 Å². The van der Waals surface area contributed by atoms with Crippen molar-refractivity contribution in [2.75, 3.05) is 0 Å². The van der Waals surface area contributed by atoms with Crippen LogP contribution < -0.4 is 4.74 Å². The van der Waals surface area contributed by atoms with Crippen LogP contribution in [-0.2, 0) is 12.0 Å². The van der Waals surface area contributed by atoms with Crippen LogP contribution in [0, 0.1) is 6.92 Å². The molecular weight excluding hydrogens is 396 g/mol. The number of phenols is 1. The summed E-state index contributed by atoms with van der Waals surface area (Å²) in [5.41, 5.74) is 7.28. The van der Waals surface area contributed by atoms with Gasteiger partial charge in [0.1, 0.15) is 22.9 Å². The van der Waals surface area contributed by atoms with Crippen LogP contribution in [0.15, 0.2) is 48.5 Å². The van der Waals surface area contributed by atoms with Gasteiger partial charge < -0.3 is 14.8 Å². The Bertz CT molecular complexity index is 1280. The van der Waals surface area contributed by atoms with Gasteiger partial charge in [-0.1, -0.05) is 55.7 Å². The number of hydrogen-bond acceptors (Lipinski definition) is 3. The van der Waals surface area contributed by atoms with E-state index >= 15 is 0 Å². The lowest BCUT2D eigenvalue weighted by Gasteiger charge is -2.36. The molecule has 4 aromatic rings. The van der Waals surface area contributed by atoms with Gasteiger partial charge in [0.15, 0.2) is 0 Å². The minimum absolute atomic E-state index is 0.246. The summed E-state index contributed by atoms with van der Waals surface area (Å²) >= 11 is 0. The number of unbranched alkanes of at least 4 members (excludes halogenated alkanes) is 2. The first kappa shape index (κ1) is 20.6. The molecule has 0 radical (unpaired) electrons. The molecule has 1 aromatic heterocycles. The van der Waals surface area contributed by atoms with Crippen molar-refractivity contribution < 1.29 is 9.84 Å². The van der Waals surface area contributed by atoms with E-state index in [0.29, 0.717) is 5.82 Å². The molecule has 1 aliphatic rings. The van der Waals surface area contributed by atoms with E-state index < -0.39 is 5.60 Å². The zero-order valence-electron chi connectivity index (χ0n) is 19.2. The van der Waals surface area contributed by atoms with Gasteiger partial charge in [0.05, 0.1) is 22.2 Å². The lowest BCUT2D eigenvalue weighted by Crippen LogP contribution is -2.29. The Morgan fingerprint density at radius 2 is 1.84 bits per heavy atom. The Labute approximate surface area is 189 Å². The van der Waals surface area contributed by atoms with E-state index in [1.807, 2.05) is 24.3 Å². The molecule has 2 N–H and O–H groups in total. The fourth-order valence-corrected chi connectivity index (χ4v) is 4.86. The van der Waals surface area contributed by atoms with Crippen LogP contribution in [0.25, 0.3) is 33.5 Å². The van der Waals surface area contributed by atoms with Crippen molar-refractivity contribution in [2.45, 2.75) is 59.0 Å². The van der Waals surface area contributed by atoms with Gasteiger partial charge in [0.25, 0.3) is 0 Å². The molecule has 2 heterocycles. The second-order valence-electron chi connectivity index (χ2n) is 9.35. The molecule has 0 aliphatic carbocycles. The van der Waals surface area contributed by atoms with Crippen LogP contribution in [0.4, 0.5) is 0 Å². The highest BCUT2D eigenvalue weighted by atomic mass is 16.5. The summed E-state index contributed by atoms with van der Waals surface area (Å²) in [5.74, 6) is 1.70. The third-order valence-electron chi connectivity index (χ3n) is 6.48. The fraction of sp³-hybridized carbons (Fsp3) is 0.321. The fourth-order valence-electron chi connectivity index (χ4n) is 4.86. The van der Waals surface area contributed by atoms with Gasteiger partial charge in [-0.3, -0.25) is 0 Å². The normalized spacial score (nSPS) is 14.1. The SMILES string of the molecule is CCCCCc1cc2c(c(O)c1-c1nc3ccccc3[nH]1)-c1cc(C)ccc1C(C)(C)O2. The van der Waals surface area contributed by atoms with Gasteiger partial charge in [-0.25, -0.2) is 4.98 Å². The summed E-state index contributed by atoms with van der Waals surface area (Å²) in [4.78, 5) is 8.26. The molecule has 164 valence electrons. The average Bonchev–Trinajstić information content (AvgIpc) is 3.16. The minimum Gasteiger partial charge on any atom is -0.506 e. The second kappa shape index (κ2) is 7.70. The molecule has 0 amide bonds. The summed E-state index contributed by atoms with van der Waals surface area (Å²) in [6.45, 7) is 8.46. The third kappa shape index (κ3) is 3.35. The number of ether oxygens (including phenoxy) is 1. The van der Waals surface area contributed by atoms with Gasteiger partial charge in [0, 0.05) is 5.56 Å². The van der Waals surface area contributed by atoms with Gasteiger partial charge in [-0.15, -0.1) is 0 Å². The molecule has 5 rings (SSSR count). The van der Waals surface area contributed by atoms with Crippen molar-refractivity contribution in [3.05, 3.63) is 65.2 Å². The molecule has 3 aromatic carbocycles. The van der Waals surface area contributed by atoms with E-state index in [1.54, 1.807) is 0 Å². The largest absolute Gasteiger partial charge is 0.506 e. The van der Waals surface area contributed by atoms with Gasteiger partial charge in [-0.2, -0.15) is 0 Å². The zero-order chi connectivity index (χ0) is 22.5. The molecule has 0 atom stereocenters. The van der Waals surface area contributed by atoms with Crippen molar-refractivity contribution in [1.29, 1.82) is 0 Å². The van der Waals surface area contributed by atoms with Crippen molar-refractivity contribution >= 4 is 11.0 Å². The van der Waals surface area contributed by atoms with Crippen LogP contribution in [0.1, 0.15) is 56.7 Å². The zero-order valence-corrected chi connectivity index (χ0v) is 19.2. The smallest absolute Gasteiger partial charge is 0.142 e. The number of H-pyrrole nitrogens is 1. The van der Waals surface area contributed by atoms with Gasteiger partial charge >= 0.3 is 0 Å². The minimum atomic E-state index is -0.468. The van der Waals surface area contributed by atoms with E-state index in [2.05, 4.69) is 56.9 Å². The first-order chi connectivity index (χ1) is 15.4. The Morgan fingerprint density at radius 1 is 1.03 bits per heavy atom. The number of phenolic OH excluding ortho intramolecular Hbond substituents is 1. The molecule has 4 nitrogen and oxygen atoms in total. The van der Waals surface area contributed by atoms with E-state index in [1.165, 1.54) is 0 Å². The molecule has 0 saturated carbocycles. The third-order valence-corrected chi connectivity index (χ3v) is 6.48. The molecular formula is C28H30N2O2. The van der Waals surface area contributed by atoms with Crippen molar-refractivity contribution in [1.82, 2.24) is 9.97 Å². The number of nitrogens with one attached hydrogen (secondary N) is 1. The Kier molecular flexibility index (Phi) is 4.96. The number of imidazole rings is 1. The number of aromatic nitrogens is 2. The predicted molar refractivity (Wildman–Crippen MR) is 130 cm³/mol. The number of aryl methyl sites for hydroxylation is 2. The predicted octanol–water partition coefficient (Wildman–Crippen LogP) is 7.27. The van der Waals surface area contributed by atoms with E-state index in [0.717, 1.165) is 75.8 Å². The number of aromatic amines is 1. The molecule has 0 fully saturated rings. The maximum absolute atomic E-state index is 11.7. The average molecular weight is 427 g/mol. The van der Waals surface area contributed by atoms with E-state index in [-0.39, 0.29) is 5.75 Å². The molecule has 1 aliphatic heterocycles. The number of hydrogen-bond donors (Lipinski definition) is 2. The number of rotatable bonds is 5. The summed E-state index contributed by atoms with van der Waals surface area (Å²) in [5, 5.41) is 11.7. The summed E-state index contributed by atoms with van der Waals surface area (Å²) in [6.07, 6.45) is 4.21. The number of aromatic hydroxyl groups is 1. The van der Waals surface area contributed by atoms with Crippen LogP contribution in [0.3, 0.4) is 0 Å². The van der Waals surface area contributed by atoms with Crippen molar-refractivity contribution in [3.63, 3.8) is 0 Å². The van der Waals surface area contributed by atoms with E-state index in [4.69, 9.17) is 9.72 Å². The monoisotopic (exact) mass is 426 g/mol. The summed E-state index contributed by atoms with van der Waals surface area (Å²) in [6, 6.07) is 16.5. The summed E-state index contributed by atoms with van der Waals surface area (Å²) < 4.78 is 6.47. The molecule has 4 heteroatoms. The first-order valence-electron chi connectivity index (χ1n) is 11.5. The molecule has 0 spiro atoms. The lowest BCUT2D eigenvalue weighted by atomic mass is 9.83. The van der Waals surface area contributed by atoms with Gasteiger partial charge in [0.2, 0.25) is 0 Å². The highest BCUT2D eigenvalue weighted by Gasteiger charge is 2.36. The Morgan fingerprint density at radius 3 is 2.62 bits per heavy atom. The highest BCUT2D eigenvalue weighted by molar-refractivity contribution is 5.91. The number of nitrogens with zero attached hydrogens (tertiary/aromatic N) is 1. The molecule has 0 bridgehead atoms. The van der Waals surface area contributed by atoms with Gasteiger partial charge in [-0.05, 0) is 62.9 Å². The standard InChI is InChI=1S/C28H30N2O2/c1-5-6-7-10-18-16-23-25(19-15-17(2)13-14-20(19)28(3,4)32-23)26(31)24(18)27-29-21-11-8-9-12-22(21)30-27/h8-9,11-16,31H,5-7,10H2,1-4H3,(H,29,30). The van der Waals surface area contributed by atoms with Crippen LogP contribution >= 0.6 is 0 Å². The molecule has 0 saturated heterocycles. The topological polar surface area (TPSA) is 58.1 Å². The quantitative estimate of drug-likeness (QED) is 0.330. The summed E-state index contributed by atoms with van der Waals surface area (Å²) in [7, 11) is 0. The second-order valence-corrected chi connectivity index (χ2v) is 9.35. The number of fused-ring (bicyclic) bond motifs is 4. The first-order valence-corrected chi connectivity index (χ1v) is 11.5. The molecule has 32 heavy (non-hydrogen) atoms. The van der Waals surface area contributed by atoms with Crippen molar-refractivity contribution in [2.24, 2.45) is 0 Å². The Balaban J connectivity index is 1.77. The molecule has 0 unspecified atom stereocenters. The lowest BCUT2D eigenvalue weighted by molar-refractivity contribution is 0.105. The highest BCUT2D eigenvalue weighted by Crippen LogP contribution is 2.53. The maximum Gasteiger partial charge on any atom is 0.142 e. The van der Waals surface area contributed by atoms with Crippen molar-refractivity contribution in [3.8, 4) is 34.0 Å². The number of para-hydroxylation sites is 2. The van der Waals surface area contributed by atoms with Crippen LogP contribution in [0.5, 0.6) is 11.5 Å². The van der Waals surface area contributed by atoms with Crippen LogP contribution in [-0.4, -0.2) is 15.1 Å².